The molecule has 6 nitrogen and oxygen atoms in total. The minimum Gasteiger partial charge on any atom is -0.489 e. The van der Waals surface area contributed by atoms with Crippen LogP contribution in [0.1, 0.15) is 45.9 Å². The van der Waals surface area contributed by atoms with Gasteiger partial charge < -0.3 is 10.1 Å². The monoisotopic (exact) mass is 378 g/mol. The van der Waals surface area contributed by atoms with Gasteiger partial charge in [-0.15, -0.1) is 11.6 Å². The highest BCUT2D eigenvalue weighted by atomic mass is 35.5. The van der Waals surface area contributed by atoms with Gasteiger partial charge in [0.15, 0.2) is 5.75 Å². The van der Waals surface area contributed by atoms with E-state index in [9.17, 15) is 10.1 Å². The molecule has 0 spiro atoms. The number of aromatic nitrogens is 2. The number of halogens is 2. The number of nitrogens with one attached hydrogen (secondary N) is 2. The molecule has 25 heavy (non-hydrogen) atoms. The zero-order valence-corrected chi connectivity index (χ0v) is 14.8. The molecule has 2 aromatic rings. The van der Waals surface area contributed by atoms with E-state index >= 15 is 0 Å². The van der Waals surface area contributed by atoms with Gasteiger partial charge in [-0.1, -0.05) is 11.6 Å². The molecule has 0 saturated carbocycles. The van der Waals surface area contributed by atoms with Crippen molar-refractivity contribution in [3.05, 3.63) is 45.7 Å². The maximum absolute atomic E-state index is 12.3. The first-order chi connectivity index (χ1) is 12.2. The topological polar surface area (TPSA) is 90.8 Å². The molecule has 3 rings (SSSR count). The number of ether oxygens (including phenoxy) is 1. The molecule has 1 aromatic heterocycles. The largest absolute Gasteiger partial charge is 0.489 e. The van der Waals surface area contributed by atoms with Crippen molar-refractivity contribution in [1.82, 2.24) is 15.5 Å². The molecule has 0 fully saturated rings. The van der Waals surface area contributed by atoms with Crippen LogP contribution in [0.15, 0.2) is 18.5 Å². The number of benzene rings is 1. The molecule has 1 atom stereocenters. The zero-order valence-electron chi connectivity index (χ0n) is 13.3. The number of carbonyl (C=O) groups is 1. The van der Waals surface area contributed by atoms with Crippen LogP contribution in [0, 0.1) is 11.3 Å². The molecular weight excluding hydrogens is 363 g/mol. The van der Waals surface area contributed by atoms with Crippen LogP contribution in [0.2, 0.25) is 5.02 Å². The first-order valence-electron chi connectivity index (χ1n) is 7.89. The lowest BCUT2D eigenvalue weighted by molar-refractivity contribution is 0.0933. The number of hydrogen-bond donors (Lipinski definition) is 2. The molecule has 0 saturated heterocycles. The van der Waals surface area contributed by atoms with Gasteiger partial charge in [-0.05, 0) is 36.5 Å². The Bertz CT molecular complexity index is 815. The second-order valence-corrected chi connectivity index (χ2v) is 6.45. The summed E-state index contributed by atoms with van der Waals surface area (Å²) in [6, 6.07) is 3.66. The Balaban J connectivity index is 1.94. The van der Waals surface area contributed by atoms with Crippen LogP contribution in [0.3, 0.4) is 0 Å². The van der Waals surface area contributed by atoms with E-state index in [2.05, 4.69) is 21.6 Å². The normalized spacial score (nSPS) is 16.0. The minimum absolute atomic E-state index is 0.210. The third kappa shape index (κ3) is 3.58. The van der Waals surface area contributed by atoms with Crippen molar-refractivity contribution in [2.45, 2.75) is 25.3 Å². The summed E-state index contributed by atoms with van der Waals surface area (Å²) in [4.78, 5) is 12.3. The van der Waals surface area contributed by atoms with Gasteiger partial charge in [-0.2, -0.15) is 10.4 Å². The highest BCUT2D eigenvalue weighted by Gasteiger charge is 2.28. The molecule has 1 unspecified atom stereocenters. The van der Waals surface area contributed by atoms with E-state index in [1.54, 1.807) is 6.07 Å². The Hall–Kier alpha value is -2.23. The Morgan fingerprint density at radius 1 is 1.56 bits per heavy atom. The van der Waals surface area contributed by atoms with Crippen molar-refractivity contribution in [3.8, 4) is 11.8 Å². The molecule has 130 valence electrons. The number of nitriles is 1. The van der Waals surface area contributed by atoms with Gasteiger partial charge in [0.25, 0.3) is 5.91 Å². The molecule has 1 amide bonds. The summed E-state index contributed by atoms with van der Waals surface area (Å²) in [7, 11) is 0. The summed E-state index contributed by atoms with van der Waals surface area (Å²) in [6.45, 7) is 0.273. The van der Waals surface area contributed by atoms with Gasteiger partial charge in [0.2, 0.25) is 0 Å². The van der Waals surface area contributed by atoms with E-state index < -0.39 is 0 Å². The second kappa shape index (κ2) is 7.77. The van der Waals surface area contributed by atoms with Crippen molar-refractivity contribution >= 4 is 29.1 Å². The van der Waals surface area contributed by atoms with Crippen LogP contribution in [-0.4, -0.2) is 28.6 Å². The van der Waals surface area contributed by atoms with Gasteiger partial charge in [-0.25, -0.2) is 0 Å². The highest BCUT2D eigenvalue weighted by Crippen LogP contribution is 2.41. The average Bonchev–Trinajstić information content (AvgIpc) is 3.16. The lowest BCUT2D eigenvalue weighted by Crippen LogP contribution is -2.31. The Kier molecular flexibility index (Phi) is 5.47. The van der Waals surface area contributed by atoms with Crippen LogP contribution < -0.4 is 10.1 Å². The van der Waals surface area contributed by atoms with Crippen molar-refractivity contribution in [1.29, 1.82) is 5.26 Å². The van der Waals surface area contributed by atoms with E-state index in [1.165, 1.54) is 12.4 Å². The summed E-state index contributed by atoms with van der Waals surface area (Å²) < 4.78 is 5.56. The SMILES string of the molecule is N#Cc1cc2c(c(Cl)c1OCCCl)CCCC2NC(=O)c1cn[nH]c1. The molecular formula is C17H16Cl2N4O2. The molecule has 2 N–H and O–H groups in total. The quantitative estimate of drug-likeness (QED) is 0.780. The lowest BCUT2D eigenvalue weighted by atomic mass is 9.86. The number of H-pyrrole nitrogens is 1. The van der Waals surface area contributed by atoms with Crippen molar-refractivity contribution < 1.29 is 9.53 Å². The van der Waals surface area contributed by atoms with Gasteiger partial charge in [0.1, 0.15) is 12.7 Å². The number of aromatic amines is 1. The maximum Gasteiger partial charge on any atom is 0.254 e. The molecule has 1 aliphatic rings. The third-order valence-corrected chi connectivity index (χ3v) is 4.72. The van der Waals surface area contributed by atoms with Crippen LogP contribution in [-0.2, 0) is 6.42 Å². The zero-order chi connectivity index (χ0) is 17.8. The maximum atomic E-state index is 12.3. The second-order valence-electron chi connectivity index (χ2n) is 5.69. The summed E-state index contributed by atoms with van der Waals surface area (Å²) in [5.41, 5.74) is 2.58. The summed E-state index contributed by atoms with van der Waals surface area (Å²) in [5, 5.41) is 19.3. The fraction of sp³-hybridized carbons (Fsp3) is 0.353. The van der Waals surface area contributed by atoms with Crippen molar-refractivity contribution in [2.24, 2.45) is 0 Å². The summed E-state index contributed by atoms with van der Waals surface area (Å²) >= 11 is 12.2. The number of alkyl halides is 1. The van der Waals surface area contributed by atoms with Crippen molar-refractivity contribution in [2.75, 3.05) is 12.5 Å². The number of fused-ring (bicyclic) bond motifs is 1. The number of amides is 1. The number of carbonyl (C=O) groups excluding carboxylic acids is 1. The summed E-state index contributed by atoms with van der Waals surface area (Å²) in [5.74, 6) is 0.454. The fourth-order valence-corrected chi connectivity index (χ4v) is 3.46. The van der Waals surface area contributed by atoms with Crippen molar-refractivity contribution in [3.63, 3.8) is 0 Å². The van der Waals surface area contributed by atoms with E-state index in [0.29, 0.717) is 27.8 Å². The molecule has 0 radical (unpaired) electrons. The minimum atomic E-state index is -0.219. The van der Waals surface area contributed by atoms with Crippen LogP contribution in [0.4, 0.5) is 0 Å². The average molecular weight is 379 g/mol. The first kappa shape index (κ1) is 17.6. The fourth-order valence-electron chi connectivity index (χ4n) is 3.02. The molecule has 8 heteroatoms. The molecule has 0 aliphatic heterocycles. The van der Waals surface area contributed by atoms with Gasteiger partial charge in [-0.3, -0.25) is 9.89 Å². The predicted molar refractivity (Wildman–Crippen MR) is 94.1 cm³/mol. The first-order valence-corrected chi connectivity index (χ1v) is 8.80. The molecule has 1 aromatic carbocycles. The van der Waals surface area contributed by atoms with Crippen LogP contribution in [0.5, 0.6) is 5.75 Å². The smallest absolute Gasteiger partial charge is 0.254 e. The van der Waals surface area contributed by atoms with Gasteiger partial charge in [0.05, 0.1) is 34.3 Å². The third-order valence-electron chi connectivity index (χ3n) is 4.16. The van der Waals surface area contributed by atoms with E-state index in [0.717, 1.165) is 30.4 Å². The van der Waals surface area contributed by atoms with E-state index in [4.69, 9.17) is 27.9 Å². The molecule has 0 bridgehead atoms. The number of nitrogens with zero attached hydrogens (tertiary/aromatic N) is 2. The Morgan fingerprint density at radius 3 is 3.08 bits per heavy atom. The van der Waals surface area contributed by atoms with Gasteiger partial charge >= 0.3 is 0 Å². The Morgan fingerprint density at radius 2 is 2.40 bits per heavy atom. The lowest BCUT2D eigenvalue weighted by Gasteiger charge is -2.28. The van der Waals surface area contributed by atoms with E-state index in [-0.39, 0.29) is 18.6 Å². The van der Waals surface area contributed by atoms with Crippen LogP contribution in [0.25, 0.3) is 0 Å². The van der Waals surface area contributed by atoms with Gasteiger partial charge in [0, 0.05) is 6.20 Å². The molecule has 1 heterocycles. The Labute approximate surface area is 155 Å². The number of rotatable bonds is 5. The molecule has 1 aliphatic carbocycles. The number of hydrogen-bond acceptors (Lipinski definition) is 4. The standard InChI is InChI=1S/C17H16Cl2N4O2/c18-4-5-25-16-10(7-20)6-13-12(15(16)19)2-1-3-14(13)23-17(24)11-8-21-22-9-11/h6,8-9,14H,1-5H2,(H,21,22)(H,23,24). The summed E-state index contributed by atoms with van der Waals surface area (Å²) in [6.07, 6.45) is 5.43. The van der Waals surface area contributed by atoms with Crippen LogP contribution >= 0.6 is 23.2 Å². The highest BCUT2D eigenvalue weighted by molar-refractivity contribution is 6.33. The van der Waals surface area contributed by atoms with E-state index in [1.807, 2.05) is 0 Å². The predicted octanol–water partition coefficient (Wildman–Crippen LogP) is 3.36.